The number of rotatable bonds is 11. The van der Waals surface area contributed by atoms with E-state index in [4.69, 9.17) is 9.47 Å². The lowest BCUT2D eigenvalue weighted by atomic mass is 9.95. The maximum Gasteiger partial charge on any atom is 0.408 e. The second-order valence-electron chi connectivity index (χ2n) is 8.87. The van der Waals surface area contributed by atoms with Gasteiger partial charge in [-0.25, -0.2) is 9.59 Å². The van der Waals surface area contributed by atoms with Gasteiger partial charge in [-0.2, -0.15) is 0 Å². The maximum absolute atomic E-state index is 12.7. The van der Waals surface area contributed by atoms with Gasteiger partial charge in [0.05, 0.1) is 13.7 Å². The molecular formula is C25H36N6O6. The van der Waals surface area contributed by atoms with Gasteiger partial charge in [0.15, 0.2) is 5.96 Å². The number of hydrogen-bond donors (Lipinski definition) is 4. The predicted octanol–water partition coefficient (Wildman–Crippen LogP) is 0.138. The summed E-state index contributed by atoms with van der Waals surface area (Å²) in [4.78, 5) is 55.5. The van der Waals surface area contributed by atoms with Crippen LogP contribution in [0.25, 0.3) is 0 Å². The third-order valence-corrected chi connectivity index (χ3v) is 6.22. The van der Waals surface area contributed by atoms with Crippen LogP contribution in [0.5, 0.6) is 0 Å². The number of aliphatic imine (C=N–C) groups is 1. The Labute approximate surface area is 216 Å². The number of carbonyl (C=O) groups excluding carboxylic acids is 4. The van der Waals surface area contributed by atoms with Crippen molar-refractivity contribution in [2.75, 3.05) is 46.4 Å². The first-order valence-corrected chi connectivity index (χ1v) is 12.6. The zero-order chi connectivity index (χ0) is 26.5. The number of carbonyl (C=O) groups is 4. The summed E-state index contributed by atoms with van der Waals surface area (Å²) < 4.78 is 9.89. The highest BCUT2D eigenvalue weighted by molar-refractivity contribution is 5.84. The van der Waals surface area contributed by atoms with E-state index in [2.05, 4.69) is 26.3 Å². The molecule has 12 nitrogen and oxygen atoms in total. The lowest BCUT2D eigenvalue weighted by molar-refractivity contribution is -0.143. The van der Waals surface area contributed by atoms with Gasteiger partial charge in [-0.3, -0.25) is 14.6 Å². The number of ether oxygens (including phenoxy) is 2. The van der Waals surface area contributed by atoms with E-state index in [9.17, 15) is 19.2 Å². The van der Waals surface area contributed by atoms with Crippen molar-refractivity contribution in [3.63, 3.8) is 0 Å². The molecule has 3 amide bonds. The quantitative estimate of drug-likeness (QED) is 0.240. The number of methoxy groups -OCH3 is 1. The number of nitrogens with zero attached hydrogens (tertiary/aromatic N) is 2. The summed E-state index contributed by atoms with van der Waals surface area (Å²) in [6.45, 7) is 3.21. The van der Waals surface area contributed by atoms with E-state index in [1.54, 1.807) is 4.90 Å². The average Bonchev–Trinajstić information content (AvgIpc) is 3.46. The number of likely N-dealkylation sites (tertiary alicyclic amines) is 1. The zero-order valence-corrected chi connectivity index (χ0v) is 21.2. The SMILES string of the molecule is COC(=O)[C@H](CNC(=O)C1CCN(C(=O)CCCNC2=NCCN2)CC1)NC(=O)OCc1ccccc1. The minimum absolute atomic E-state index is 0.0488. The summed E-state index contributed by atoms with van der Waals surface area (Å²) in [5.41, 5.74) is 0.804. The fourth-order valence-corrected chi connectivity index (χ4v) is 4.10. The molecule has 1 saturated heterocycles. The number of benzene rings is 1. The van der Waals surface area contributed by atoms with Gasteiger partial charge in [0, 0.05) is 45.1 Å². The van der Waals surface area contributed by atoms with Crippen LogP contribution in [0, 0.1) is 5.92 Å². The monoisotopic (exact) mass is 516 g/mol. The van der Waals surface area contributed by atoms with Gasteiger partial charge < -0.3 is 35.6 Å². The van der Waals surface area contributed by atoms with Crippen LogP contribution in [0.2, 0.25) is 0 Å². The van der Waals surface area contributed by atoms with Crippen LogP contribution in [-0.4, -0.2) is 87.2 Å². The minimum Gasteiger partial charge on any atom is -0.467 e. The molecule has 2 heterocycles. The van der Waals surface area contributed by atoms with Crippen LogP contribution >= 0.6 is 0 Å². The summed E-state index contributed by atoms with van der Waals surface area (Å²) in [7, 11) is 1.21. The van der Waals surface area contributed by atoms with Crippen LogP contribution in [0.3, 0.4) is 0 Å². The van der Waals surface area contributed by atoms with Gasteiger partial charge in [-0.05, 0) is 24.8 Å². The van der Waals surface area contributed by atoms with Crippen LogP contribution in [0.15, 0.2) is 35.3 Å². The van der Waals surface area contributed by atoms with Crippen molar-refractivity contribution < 1.29 is 28.7 Å². The topological polar surface area (TPSA) is 150 Å². The highest BCUT2D eigenvalue weighted by Gasteiger charge is 2.29. The van der Waals surface area contributed by atoms with Crippen LogP contribution in [-0.2, 0) is 30.5 Å². The second-order valence-corrected chi connectivity index (χ2v) is 8.87. The molecule has 0 saturated carbocycles. The minimum atomic E-state index is -1.09. The number of alkyl carbamates (subject to hydrolysis) is 1. The molecule has 202 valence electrons. The Balaban J connectivity index is 1.34. The Morgan fingerprint density at radius 3 is 2.59 bits per heavy atom. The second kappa shape index (κ2) is 14.7. The molecule has 2 aliphatic rings. The summed E-state index contributed by atoms with van der Waals surface area (Å²) >= 11 is 0. The first-order chi connectivity index (χ1) is 18.0. The molecule has 1 aromatic carbocycles. The summed E-state index contributed by atoms with van der Waals surface area (Å²) in [6.07, 6.45) is 1.42. The van der Waals surface area contributed by atoms with Gasteiger partial charge in [0.25, 0.3) is 0 Å². The Bertz CT molecular complexity index is 948. The van der Waals surface area contributed by atoms with Gasteiger partial charge >= 0.3 is 12.1 Å². The molecule has 12 heteroatoms. The predicted molar refractivity (Wildman–Crippen MR) is 135 cm³/mol. The van der Waals surface area contributed by atoms with Crippen molar-refractivity contribution in [1.29, 1.82) is 0 Å². The van der Waals surface area contributed by atoms with E-state index in [0.717, 1.165) is 24.6 Å². The van der Waals surface area contributed by atoms with E-state index in [1.807, 2.05) is 30.3 Å². The molecule has 1 fully saturated rings. The van der Waals surface area contributed by atoms with E-state index in [-0.39, 0.29) is 30.9 Å². The lowest BCUT2D eigenvalue weighted by Gasteiger charge is -2.31. The zero-order valence-electron chi connectivity index (χ0n) is 21.2. The molecule has 0 bridgehead atoms. The number of guanidine groups is 1. The Hall–Kier alpha value is -3.83. The highest BCUT2D eigenvalue weighted by atomic mass is 16.6. The Morgan fingerprint density at radius 1 is 1.16 bits per heavy atom. The van der Waals surface area contributed by atoms with Gasteiger partial charge in [0.2, 0.25) is 11.8 Å². The van der Waals surface area contributed by atoms with E-state index < -0.39 is 18.1 Å². The maximum atomic E-state index is 12.7. The van der Waals surface area contributed by atoms with E-state index in [0.29, 0.717) is 45.3 Å². The van der Waals surface area contributed by atoms with Crippen molar-refractivity contribution >= 4 is 29.8 Å². The van der Waals surface area contributed by atoms with Crippen molar-refractivity contribution in [2.24, 2.45) is 10.9 Å². The summed E-state index contributed by atoms with van der Waals surface area (Å²) in [5, 5.41) is 11.5. The fourth-order valence-electron chi connectivity index (χ4n) is 4.10. The third-order valence-electron chi connectivity index (χ3n) is 6.22. The lowest BCUT2D eigenvalue weighted by Crippen LogP contribution is -2.51. The standard InChI is InChI=1S/C25H36N6O6/c1-36-23(34)20(30-25(35)37-17-18-6-3-2-4-7-18)16-29-22(33)19-9-14-31(15-10-19)21(32)8-5-11-26-24-27-12-13-28-24/h2-4,6-7,19-20H,5,8-17H2,1H3,(H,29,33)(H,30,35)(H2,26,27,28)/t20-/m0/s1. The molecule has 0 spiro atoms. The van der Waals surface area contributed by atoms with Crippen LogP contribution in [0.4, 0.5) is 4.79 Å². The van der Waals surface area contributed by atoms with Crippen molar-refractivity contribution in [3.05, 3.63) is 35.9 Å². The van der Waals surface area contributed by atoms with Crippen LogP contribution in [0.1, 0.15) is 31.2 Å². The molecule has 2 aliphatic heterocycles. The number of hydrogen-bond acceptors (Lipinski definition) is 9. The number of nitrogens with one attached hydrogen (secondary N) is 4. The van der Waals surface area contributed by atoms with Gasteiger partial charge in [-0.15, -0.1) is 0 Å². The molecular weight excluding hydrogens is 480 g/mol. The van der Waals surface area contributed by atoms with Gasteiger partial charge in [-0.1, -0.05) is 30.3 Å². The first-order valence-electron chi connectivity index (χ1n) is 12.6. The molecule has 37 heavy (non-hydrogen) atoms. The van der Waals surface area contributed by atoms with Crippen molar-refractivity contribution in [2.45, 2.75) is 38.3 Å². The largest absolute Gasteiger partial charge is 0.467 e. The third kappa shape index (κ3) is 9.28. The average molecular weight is 517 g/mol. The number of esters is 1. The molecule has 0 aromatic heterocycles. The normalized spacial score (nSPS) is 16.1. The molecule has 0 aliphatic carbocycles. The summed E-state index contributed by atoms with van der Waals surface area (Å²) in [6, 6.07) is 8.04. The fraction of sp³-hybridized carbons (Fsp3) is 0.560. The molecule has 1 aromatic rings. The molecule has 0 unspecified atom stereocenters. The van der Waals surface area contributed by atoms with Crippen LogP contribution < -0.4 is 21.3 Å². The molecule has 1 atom stereocenters. The molecule has 3 rings (SSSR count). The van der Waals surface area contributed by atoms with E-state index in [1.165, 1.54) is 7.11 Å². The van der Waals surface area contributed by atoms with Crippen molar-refractivity contribution in [1.82, 2.24) is 26.2 Å². The first kappa shape index (κ1) is 27.8. The Kier molecular flexibility index (Phi) is 11.0. The van der Waals surface area contributed by atoms with E-state index >= 15 is 0 Å². The number of amides is 3. The van der Waals surface area contributed by atoms with Gasteiger partial charge in [0.1, 0.15) is 12.6 Å². The molecule has 0 radical (unpaired) electrons. The summed E-state index contributed by atoms with van der Waals surface area (Å²) in [5.74, 6) is -0.336. The highest BCUT2D eigenvalue weighted by Crippen LogP contribution is 2.18. The molecule has 4 N–H and O–H groups in total. The Morgan fingerprint density at radius 2 is 1.92 bits per heavy atom. The number of piperidine rings is 1. The smallest absolute Gasteiger partial charge is 0.408 e. The van der Waals surface area contributed by atoms with Crippen molar-refractivity contribution in [3.8, 4) is 0 Å².